The minimum absolute atomic E-state index is 0.00965. The molecule has 0 saturated carbocycles. The first-order valence-electron chi connectivity index (χ1n) is 12.7. The summed E-state index contributed by atoms with van der Waals surface area (Å²) >= 11 is 0. The van der Waals surface area contributed by atoms with Crippen molar-refractivity contribution in [1.82, 2.24) is 10.2 Å². The van der Waals surface area contributed by atoms with Crippen LogP contribution in [0.1, 0.15) is 50.2 Å². The molecule has 3 N–H and O–H groups in total. The Labute approximate surface area is 225 Å². The summed E-state index contributed by atoms with van der Waals surface area (Å²) < 4.78 is 119. The number of hydrogen-bond acceptors (Lipinski definition) is 5. The SMILES string of the molecule is CC1(C(=O)O)CCN(c2cc(C(F)(F)F)ccc2CN2CCCC2(CCO)CCNC(C(F)(F)F)C(F)(F)F)C1. The number of hydrogen-bond donors (Lipinski definition) is 3. The van der Waals surface area contributed by atoms with Crippen LogP contribution in [-0.4, -0.2) is 77.8 Å². The van der Waals surface area contributed by atoms with Gasteiger partial charge in [-0.15, -0.1) is 0 Å². The van der Waals surface area contributed by atoms with E-state index < -0.39 is 60.2 Å². The number of carboxylic acid groups (broad SMARTS) is 1. The van der Waals surface area contributed by atoms with Crippen LogP contribution in [0.3, 0.4) is 0 Å². The predicted octanol–water partition coefficient (Wildman–Crippen LogP) is 5.20. The molecule has 6 nitrogen and oxygen atoms in total. The van der Waals surface area contributed by atoms with Crippen molar-refractivity contribution in [2.75, 3.05) is 37.7 Å². The van der Waals surface area contributed by atoms with Gasteiger partial charge in [-0.2, -0.15) is 39.5 Å². The third-order valence-electron chi connectivity index (χ3n) is 8.02. The van der Waals surface area contributed by atoms with E-state index in [1.54, 1.807) is 15.1 Å². The van der Waals surface area contributed by atoms with Crippen LogP contribution >= 0.6 is 0 Å². The monoisotopic (exact) mass is 593 g/mol. The molecule has 0 spiro atoms. The molecular formula is C25H32F9N3O3. The Morgan fingerprint density at radius 1 is 1.02 bits per heavy atom. The lowest BCUT2D eigenvalue weighted by Crippen LogP contribution is -2.54. The molecule has 2 fully saturated rings. The molecule has 1 aromatic rings. The fourth-order valence-corrected chi connectivity index (χ4v) is 5.72. The lowest BCUT2D eigenvalue weighted by molar-refractivity contribution is -0.258. The number of likely N-dealkylation sites (tertiary alicyclic amines) is 1. The van der Waals surface area contributed by atoms with Crippen molar-refractivity contribution in [2.24, 2.45) is 5.41 Å². The highest BCUT2D eigenvalue weighted by Crippen LogP contribution is 2.42. The number of carbonyl (C=O) groups is 1. The Balaban J connectivity index is 1.88. The quantitative estimate of drug-likeness (QED) is 0.324. The molecule has 2 heterocycles. The molecule has 2 unspecified atom stereocenters. The van der Waals surface area contributed by atoms with E-state index in [9.17, 15) is 54.5 Å². The van der Waals surface area contributed by atoms with E-state index in [-0.39, 0.29) is 44.6 Å². The van der Waals surface area contributed by atoms with Gasteiger partial charge in [-0.1, -0.05) is 6.07 Å². The molecule has 0 bridgehead atoms. The van der Waals surface area contributed by atoms with E-state index in [1.807, 2.05) is 0 Å². The van der Waals surface area contributed by atoms with E-state index in [4.69, 9.17) is 0 Å². The highest BCUT2D eigenvalue weighted by Gasteiger charge is 2.56. The molecule has 228 valence electrons. The summed E-state index contributed by atoms with van der Waals surface area (Å²) in [5.74, 6) is -1.09. The zero-order chi connectivity index (χ0) is 30.1. The summed E-state index contributed by atoms with van der Waals surface area (Å²) in [5.41, 5.74) is -2.55. The molecule has 0 aliphatic carbocycles. The van der Waals surface area contributed by atoms with Crippen LogP contribution in [0, 0.1) is 5.41 Å². The van der Waals surface area contributed by atoms with Crippen molar-refractivity contribution >= 4 is 11.7 Å². The van der Waals surface area contributed by atoms with Gasteiger partial charge in [0.25, 0.3) is 0 Å². The van der Waals surface area contributed by atoms with E-state index in [1.165, 1.54) is 13.0 Å². The summed E-state index contributed by atoms with van der Waals surface area (Å²) in [7, 11) is 0. The number of nitrogens with one attached hydrogen (secondary N) is 1. The van der Waals surface area contributed by atoms with Crippen LogP contribution in [0.5, 0.6) is 0 Å². The Hall–Kier alpha value is -2.26. The predicted molar refractivity (Wildman–Crippen MR) is 127 cm³/mol. The van der Waals surface area contributed by atoms with Crippen molar-refractivity contribution in [2.45, 2.75) is 75.7 Å². The van der Waals surface area contributed by atoms with E-state index in [0.717, 1.165) is 12.1 Å². The van der Waals surface area contributed by atoms with E-state index >= 15 is 0 Å². The fourth-order valence-electron chi connectivity index (χ4n) is 5.72. The number of aliphatic carboxylic acids is 1. The largest absolute Gasteiger partial charge is 0.481 e. The first-order valence-corrected chi connectivity index (χ1v) is 12.7. The lowest BCUT2D eigenvalue weighted by Gasteiger charge is -2.40. The Bertz CT molecular complexity index is 1030. The number of benzene rings is 1. The molecule has 2 aliphatic heterocycles. The van der Waals surface area contributed by atoms with Crippen molar-refractivity contribution in [1.29, 1.82) is 0 Å². The number of anilines is 1. The van der Waals surface area contributed by atoms with Crippen molar-refractivity contribution in [3.05, 3.63) is 29.3 Å². The summed E-state index contributed by atoms with van der Waals surface area (Å²) in [6.45, 7) is 0.935. The molecule has 40 heavy (non-hydrogen) atoms. The highest BCUT2D eigenvalue weighted by atomic mass is 19.4. The molecular weight excluding hydrogens is 561 g/mol. The third-order valence-corrected chi connectivity index (χ3v) is 8.02. The number of alkyl halides is 9. The Morgan fingerprint density at radius 2 is 1.68 bits per heavy atom. The smallest absolute Gasteiger partial charge is 0.416 e. The average molecular weight is 594 g/mol. The fraction of sp³-hybridized carbons (Fsp3) is 0.720. The average Bonchev–Trinajstić information content (AvgIpc) is 3.39. The number of rotatable bonds is 10. The minimum Gasteiger partial charge on any atom is -0.481 e. The van der Waals surface area contributed by atoms with Gasteiger partial charge in [0.15, 0.2) is 0 Å². The van der Waals surface area contributed by atoms with Crippen molar-refractivity contribution < 1.29 is 54.5 Å². The summed E-state index contributed by atoms with van der Waals surface area (Å²) in [4.78, 5) is 15.1. The van der Waals surface area contributed by atoms with E-state index in [2.05, 4.69) is 0 Å². The van der Waals surface area contributed by atoms with Crippen molar-refractivity contribution in [3.8, 4) is 0 Å². The topological polar surface area (TPSA) is 76.0 Å². The van der Waals surface area contributed by atoms with Crippen molar-refractivity contribution in [3.63, 3.8) is 0 Å². The van der Waals surface area contributed by atoms with Crippen LogP contribution in [0.2, 0.25) is 0 Å². The van der Waals surface area contributed by atoms with Gasteiger partial charge in [0.05, 0.1) is 11.0 Å². The maximum Gasteiger partial charge on any atom is 0.416 e. The van der Waals surface area contributed by atoms with Crippen LogP contribution in [0.4, 0.5) is 45.2 Å². The Kier molecular flexibility index (Phi) is 9.32. The minimum atomic E-state index is -5.56. The van der Waals surface area contributed by atoms with Gasteiger partial charge >= 0.3 is 24.5 Å². The maximum atomic E-state index is 13.5. The number of aliphatic hydroxyl groups excluding tert-OH is 1. The maximum absolute atomic E-state index is 13.5. The van der Waals surface area contributed by atoms with Gasteiger partial charge < -0.3 is 15.1 Å². The van der Waals surface area contributed by atoms with Gasteiger partial charge in [-0.3, -0.25) is 15.0 Å². The summed E-state index contributed by atoms with van der Waals surface area (Å²) in [6.07, 6.45) is -14.9. The molecule has 2 saturated heterocycles. The molecule has 0 aromatic heterocycles. The first-order chi connectivity index (χ1) is 18.3. The molecule has 1 aromatic carbocycles. The number of carboxylic acids is 1. The van der Waals surface area contributed by atoms with Crippen LogP contribution in [0.25, 0.3) is 0 Å². The van der Waals surface area contributed by atoms with Crippen LogP contribution in [-0.2, 0) is 17.5 Å². The lowest BCUT2D eigenvalue weighted by atomic mass is 9.87. The molecule has 3 rings (SSSR count). The second-order valence-corrected chi connectivity index (χ2v) is 10.8. The molecule has 2 atom stereocenters. The zero-order valence-electron chi connectivity index (χ0n) is 21.7. The van der Waals surface area contributed by atoms with Gasteiger partial charge in [-0.25, -0.2) is 0 Å². The van der Waals surface area contributed by atoms with Gasteiger partial charge in [0, 0.05) is 37.5 Å². The normalized spacial score (nSPS) is 24.9. The van der Waals surface area contributed by atoms with Crippen LogP contribution < -0.4 is 10.2 Å². The summed E-state index contributed by atoms with van der Waals surface area (Å²) in [6, 6.07) is -0.640. The van der Waals surface area contributed by atoms with Gasteiger partial charge in [0.2, 0.25) is 6.04 Å². The van der Waals surface area contributed by atoms with E-state index in [0.29, 0.717) is 24.9 Å². The second-order valence-electron chi connectivity index (χ2n) is 10.8. The molecule has 0 amide bonds. The van der Waals surface area contributed by atoms with Crippen LogP contribution in [0.15, 0.2) is 18.2 Å². The molecule has 2 aliphatic rings. The second kappa shape index (κ2) is 11.6. The standard InChI is InChI=1S/C25H32F9N3O3/c1-21(20(39)40)7-11-36(15-21)18-13-17(23(26,27)28)4-3-16(18)14-37-10-2-5-22(37,8-12-38)6-9-35-19(24(29,30)31)25(32,33)34/h3-4,13,19,35,38H,2,5-12,14-15H2,1H3,(H,39,40). The number of halogens is 9. The van der Waals surface area contributed by atoms with Gasteiger partial charge in [0.1, 0.15) is 0 Å². The molecule has 15 heteroatoms. The molecule has 0 radical (unpaired) electrons. The third kappa shape index (κ3) is 7.14. The van der Waals surface area contributed by atoms with Gasteiger partial charge in [-0.05, 0) is 69.8 Å². The highest BCUT2D eigenvalue weighted by molar-refractivity contribution is 5.76. The number of aliphatic hydroxyl groups is 1. The first kappa shape index (κ1) is 32.3. The zero-order valence-corrected chi connectivity index (χ0v) is 21.7. The number of nitrogens with zero attached hydrogens (tertiary/aromatic N) is 2. The Morgan fingerprint density at radius 3 is 2.20 bits per heavy atom. The summed E-state index contributed by atoms with van der Waals surface area (Å²) in [5, 5.41) is 20.8.